The molecule has 2 fully saturated rings. The summed E-state index contributed by atoms with van der Waals surface area (Å²) in [6.07, 6.45) is 3.10. The van der Waals surface area contributed by atoms with Gasteiger partial charge in [-0.1, -0.05) is 13.0 Å². The molecule has 2 heterocycles. The van der Waals surface area contributed by atoms with E-state index in [1.807, 2.05) is 6.08 Å². The summed E-state index contributed by atoms with van der Waals surface area (Å²) in [5.74, 6) is 0.316. The molecule has 0 aromatic carbocycles. The largest absolute Gasteiger partial charge is 0.465 e. The van der Waals surface area contributed by atoms with Gasteiger partial charge in [-0.15, -0.1) is 6.58 Å². The van der Waals surface area contributed by atoms with Crippen molar-refractivity contribution in [1.82, 2.24) is 10.2 Å². The molecule has 0 unspecified atom stereocenters. The van der Waals surface area contributed by atoms with Gasteiger partial charge in [0.25, 0.3) is 0 Å². The number of carbonyl (C=O) groups is 1. The number of carboxylic acid groups (broad SMARTS) is 1. The molecule has 4 heteroatoms. The van der Waals surface area contributed by atoms with Gasteiger partial charge >= 0.3 is 6.09 Å². The second kappa shape index (κ2) is 3.85. The molecule has 2 aliphatic heterocycles. The maximum absolute atomic E-state index is 11.1. The van der Waals surface area contributed by atoms with E-state index >= 15 is 0 Å². The fourth-order valence-corrected chi connectivity index (χ4v) is 2.85. The Kier molecular flexibility index (Phi) is 2.69. The Balaban J connectivity index is 2.17. The molecular weight excluding hydrogens is 192 g/mol. The first-order valence-corrected chi connectivity index (χ1v) is 5.52. The Morgan fingerprint density at radius 3 is 3.00 bits per heavy atom. The molecule has 0 saturated carbocycles. The summed E-state index contributed by atoms with van der Waals surface area (Å²) < 4.78 is 0. The molecule has 0 radical (unpaired) electrons. The smallest absolute Gasteiger partial charge is 0.407 e. The number of nitrogens with one attached hydrogen (secondary N) is 1. The van der Waals surface area contributed by atoms with Gasteiger partial charge in [0, 0.05) is 18.6 Å². The Morgan fingerprint density at radius 2 is 2.40 bits per heavy atom. The van der Waals surface area contributed by atoms with Gasteiger partial charge in [0.05, 0.1) is 6.04 Å². The van der Waals surface area contributed by atoms with Gasteiger partial charge in [-0.25, -0.2) is 4.79 Å². The normalized spacial score (nSPS) is 36.3. The van der Waals surface area contributed by atoms with Crippen LogP contribution in [0.15, 0.2) is 12.7 Å². The lowest BCUT2D eigenvalue weighted by Crippen LogP contribution is -2.61. The maximum Gasteiger partial charge on any atom is 0.407 e. The summed E-state index contributed by atoms with van der Waals surface area (Å²) in [7, 11) is 0. The molecule has 1 amide bonds. The lowest BCUT2D eigenvalue weighted by atomic mass is 9.93. The van der Waals surface area contributed by atoms with E-state index in [-0.39, 0.29) is 18.1 Å². The molecule has 2 saturated heterocycles. The van der Waals surface area contributed by atoms with Crippen LogP contribution in [0, 0.1) is 5.92 Å². The third-order valence-corrected chi connectivity index (χ3v) is 3.71. The molecule has 4 atom stereocenters. The number of piperazine rings is 1. The number of nitrogens with zero attached hydrogens (tertiary/aromatic N) is 1. The second-order valence-electron chi connectivity index (χ2n) is 4.52. The summed E-state index contributed by atoms with van der Waals surface area (Å²) in [6.45, 7) is 6.65. The zero-order valence-electron chi connectivity index (χ0n) is 9.02. The minimum atomic E-state index is -0.773. The molecule has 0 spiro atoms. The molecule has 2 N–H and O–H groups in total. The van der Waals surface area contributed by atoms with Crippen LogP contribution in [0.25, 0.3) is 0 Å². The number of hydrogen-bond donors (Lipinski definition) is 2. The van der Waals surface area contributed by atoms with Crippen LogP contribution in [0.3, 0.4) is 0 Å². The minimum Gasteiger partial charge on any atom is -0.465 e. The van der Waals surface area contributed by atoms with Crippen LogP contribution in [0.4, 0.5) is 4.79 Å². The summed E-state index contributed by atoms with van der Waals surface area (Å²) >= 11 is 0. The molecule has 15 heavy (non-hydrogen) atoms. The summed E-state index contributed by atoms with van der Waals surface area (Å²) in [5, 5.41) is 12.6. The average Bonchev–Trinajstić information content (AvgIpc) is 2.52. The maximum atomic E-state index is 11.1. The van der Waals surface area contributed by atoms with Crippen molar-refractivity contribution < 1.29 is 9.90 Å². The molecule has 4 nitrogen and oxygen atoms in total. The average molecular weight is 210 g/mol. The molecule has 0 aliphatic carbocycles. The molecular formula is C11H18N2O2. The predicted molar refractivity (Wildman–Crippen MR) is 57.8 cm³/mol. The number of hydrogen-bond acceptors (Lipinski definition) is 2. The van der Waals surface area contributed by atoms with Crippen LogP contribution >= 0.6 is 0 Å². The van der Waals surface area contributed by atoms with Gasteiger partial charge in [0.1, 0.15) is 0 Å². The highest BCUT2D eigenvalue weighted by atomic mass is 16.4. The number of rotatable bonds is 2. The van der Waals surface area contributed by atoms with Crippen LogP contribution in [0.2, 0.25) is 0 Å². The van der Waals surface area contributed by atoms with E-state index in [1.54, 1.807) is 4.90 Å². The van der Waals surface area contributed by atoms with Crippen molar-refractivity contribution in [3.8, 4) is 0 Å². The fraction of sp³-hybridized carbons (Fsp3) is 0.727. The fourth-order valence-electron chi connectivity index (χ4n) is 2.85. The van der Waals surface area contributed by atoms with E-state index < -0.39 is 6.09 Å². The molecule has 2 bridgehead atoms. The highest BCUT2D eigenvalue weighted by molar-refractivity contribution is 5.67. The van der Waals surface area contributed by atoms with Gasteiger partial charge in [0.2, 0.25) is 0 Å². The van der Waals surface area contributed by atoms with Crippen molar-refractivity contribution in [3.63, 3.8) is 0 Å². The lowest BCUT2D eigenvalue weighted by Gasteiger charge is -2.41. The van der Waals surface area contributed by atoms with Crippen molar-refractivity contribution in [2.45, 2.75) is 37.9 Å². The van der Waals surface area contributed by atoms with Crippen LogP contribution in [-0.2, 0) is 0 Å². The van der Waals surface area contributed by atoms with E-state index in [9.17, 15) is 4.79 Å². The Labute approximate surface area is 90.0 Å². The van der Waals surface area contributed by atoms with E-state index in [1.165, 1.54) is 0 Å². The third-order valence-electron chi connectivity index (χ3n) is 3.71. The summed E-state index contributed by atoms with van der Waals surface area (Å²) in [5.41, 5.74) is 0. The van der Waals surface area contributed by atoms with Crippen molar-refractivity contribution in [2.75, 3.05) is 6.54 Å². The van der Waals surface area contributed by atoms with Gasteiger partial charge in [-0.3, -0.25) is 4.90 Å². The van der Waals surface area contributed by atoms with Crippen LogP contribution in [-0.4, -0.2) is 40.8 Å². The molecule has 0 aromatic rings. The minimum absolute atomic E-state index is 0.134. The Morgan fingerprint density at radius 1 is 1.67 bits per heavy atom. The summed E-state index contributed by atoms with van der Waals surface area (Å²) in [4.78, 5) is 12.8. The quantitative estimate of drug-likeness (QED) is 0.675. The Hall–Kier alpha value is -1.03. The molecule has 2 aliphatic rings. The first-order valence-electron chi connectivity index (χ1n) is 5.52. The third kappa shape index (κ3) is 1.63. The number of fused-ring (bicyclic) bond motifs is 2. The SMILES string of the molecule is C=C[C@@H](C)[C@@H]1NC[C@H]2CC[C@@H]1N2C(=O)O. The van der Waals surface area contributed by atoms with Gasteiger partial charge < -0.3 is 10.4 Å². The van der Waals surface area contributed by atoms with E-state index in [0.717, 1.165) is 19.4 Å². The van der Waals surface area contributed by atoms with Crippen molar-refractivity contribution in [1.29, 1.82) is 0 Å². The highest BCUT2D eigenvalue weighted by Gasteiger charge is 2.45. The van der Waals surface area contributed by atoms with Crippen LogP contribution < -0.4 is 5.32 Å². The van der Waals surface area contributed by atoms with Crippen molar-refractivity contribution >= 4 is 6.09 Å². The van der Waals surface area contributed by atoms with Gasteiger partial charge in [0.15, 0.2) is 0 Å². The first kappa shape index (κ1) is 10.5. The Bertz CT molecular complexity index is 280. The van der Waals surface area contributed by atoms with Crippen molar-refractivity contribution in [3.05, 3.63) is 12.7 Å². The van der Waals surface area contributed by atoms with E-state index in [4.69, 9.17) is 5.11 Å². The highest BCUT2D eigenvalue weighted by Crippen LogP contribution is 2.32. The monoisotopic (exact) mass is 210 g/mol. The number of amides is 1. The van der Waals surface area contributed by atoms with Gasteiger partial charge in [-0.05, 0) is 18.8 Å². The molecule has 2 rings (SSSR count). The zero-order valence-corrected chi connectivity index (χ0v) is 9.02. The second-order valence-corrected chi connectivity index (χ2v) is 4.52. The molecule has 84 valence electrons. The first-order chi connectivity index (χ1) is 7.15. The predicted octanol–water partition coefficient (Wildman–Crippen LogP) is 1.29. The summed E-state index contributed by atoms with van der Waals surface area (Å²) in [6, 6.07) is 0.548. The topological polar surface area (TPSA) is 52.6 Å². The zero-order chi connectivity index (χ0) is 11.0. The molecule has 0 aromatic heterocycles. The van der Waals surface area contributed by atoms with Gasteiger partial charge in [-0.2, -0.15) is 0 Å². The van der Waals surface area contributed by atoms with Crippen LogP contribution in [0.1, 0.15) is 19.8 Å². The van der Waals surface area contributed by atoms with Crippen LogP contribution in [0.5, 0.6) is 0 Å². The standard InChI is InChI=1S/C11H18N2O2/c1-3-7(2)10-9-5-4-8(6-12-10)13(9)11(14)15/h3,7-10,12H,1,4-6H2,2H3,(H,14,15)/t7-,8-,9+,10+/m1/s1. The lowest BCUT2D eigenvalue weighted by molar-refractivity contribution is 0.0841. The van der Waals surface area contributed by atoms with E-state index in [2.05, 4.69) is 18.8 Å². The van der Waals surface area contributed by atoms with E-state index in [0.29, 0.717) is 5.92 Å². The van der Waals surface area contributed by atoms with Crippen molar-refractivity contribution in [2.24, 2.45) is 5.92 Å².